The Labute approximate surface area is 140 Å². The maximum atomic E-state index is 12.4. The van der Waals surface area contributed by atoms with Crippen LogP contribution in [0.25, 0.3) is 0 Å². The number of nitrogens with one attached hydrogen (secondary N) is 1. The van der Waals surface area contributed by atoms with Gasteiger partial charge in [0.15, 0.2) is 0 Å². The van der Waals surface area contributed by atoms with E-state index >= 15 is 0 Å². The Bertz CT molecular complexity index is 786. The number of hydrogen-bond donors (Lipinski definition) is 2. The summed E-state index contributed by atoms with van der Waals surface area (Å²) in [5, 5.41) is 9.85. The molecule has 0 heterocycles. The van der Waals surface area contributed by atoms with E-state index in [0.717, 1.165) is 0 Å². The zero-order chi connectivity index (χ0) is 15.8. The lowest BCUT2D eigenvalue weighted by Crippen LogP contribution is -2.14. The Hall–Kier alpha value is -0.950. The summed E-state index contributed by atoms with van der Waals surface area (Å²) in [6, 6.07) is 7.58. The lowest BCUT2D eigenvalue weighted by atomic mass is 10.2. The fourth-order valence-corrected chi connectivity index (χ4v) is 4.73. The molecule has 21 heavy (non-hydrogen) atoms. The van der Waals surface area contributed by atoms with E-state index in [1.54, 1.807) is 19.1 Å². The van der Waals surface area contributed by atoms with Gasteiger partial charge in [0, 0.05) is 4.47 Å². The third-order valence-corrected chi connectivity index (χ3v) is 5.46. The van der Waals surface area contributed by atoms with Crippen LogP contribution in [0.2, 0.25) is 10.0 Å². The highest BCUT2D eigenvalue weighted by molar-refractivity contribution is 9.10. The van der Waals surface area contributed by atoms with Crippen LogP contribution in [0.15, 0.2) is 39.7 Å². The van der Waals surface area contributed by atoms with E-state index in [9.17, 15) is 13.5 Å². The molecule has 0 spiro atoms. The molecule has 8 heteroatoms. The Morgan fingerprint density at radius 3 is 2.33 bits per heavy atom. The second-order valence-corrected chi connectivity index (χ2v) is 7.62. The molecule has 0 aliphatic heterocycles. The van der Waals surface area contributed by atoms with Crippen molar-refractivity contribution in [2.75, 3.05) is 4.72 Å². The van der Waals surface area contributed by atoms with Gasteiger partial charge < -0.3 is 5.11 Å². The summed E-state index contributed by atoms with van der Waals surface area (Å²) in [7, 11) is -4.03. The van der Waals surface area contributed by atoms with Crippen molar-refractivity contribution in [1.82, 2.24) is 0 Å². The summed E-state index contributed by atoms with van der Waals surface area (Å²) < 4.78 is 27.7. The normalized spacial score (nSPS) is 11.4. The lowest BCUT2D eigenvalue weighted by Gasteiger charge is -2.13. The van der Waals surface area contributed by atoms with Crippen molar-refractivity contribution in [2.24, 2.45) is 0 Å². The number of para-hydroxylation sites is 1. The third kappa shape index (κ3) is 3.45. The Morgan fingerprint density at radius 1 is 1.19 bits per heavy atom. The summed E-state index contributed by atoms with van der Waals surface area (Å²) in [5.74, 6) is -0.148. The van der Waals surface area contributed by atoms with E-state index in [4.69, 9.17) is 23.2 Å². The van der Waals surface area contributed by atoms with Crippen molar-refractivity contribution in [3.63, 3.8) is 0 Å². The number of hydrogen-bond acceptors (Lipinski definition) is 3. The highest BCUT2D eigenvalue weighted by Crippen LogP contribution is 2.35. The standard InChI is InChI=1S/C13H10BrCl2NO3S/c1-7-3-2-4-11(12(7)18)17-21(19,20)13-9(15)5-8(14)6-10(13)16/h2-6,17-18H,1H3. The van der Waals surface area contributed by atoms with Crippen molar-refractivity contribution < 1.29 is 13.5 Å². The minimum absolute atomic E-state index is 0.0194. The van der Waals surface area contributed by atoms with Crippen LogP contribution in [-0.2, 0) is 10.0 Å². The summed E-state index contributed by atoms with van der Waals surface area (Å²) in [5.41, 5.74) is 0.605. The zero-order valence-corrected chi connectivity index (χ0v) is 14.6. The molecule has 4 nitrogen and oxygen atoms in total. The molecule has 0 atom stereocenters. The topological polar surface area (TPSA) is 66.4 Å². The van der Waals surface area contributed by atoms with E-state index in [1.807, 2.05) is 0 Å². The average Bonchev–Trinajstić information content (AvgIpc) is 2.33. The van der Waals surface area contributed by atoms with Crippen LogP contribution in [0.5, 0.6) is 5.75 Å². The first-order valence-electron chi connectivity index (χ1n) is 5.68. The highest BCUT2D eigenvalue weighted by atomic mass is 79.9. The van der Waals surface area contributed by atoms with Gasteiger partial charge in [-0.2, -0.15) is 0 Å². The number of phenolic OH excluding ortho intramolecular Hbond substituents is 1. The Morgan fingerprint density at radius 2 is 1.76 bits per heavy atom. The molecule has 112 valence electrons. The molecule has 2 N–H and O–H groups in total. The molecule has 2 aromatic rings. The van der Waals surface area contributed by atoms with Gasteiger partial charge in [-0.3, -0.25) is 4.72 Å². The van der Waals surface area contributed by atoms with E-state index in [0.29, 0.717) is 10.0 Å². The van der Waals surface area contributed by atoms with Gasteiger partial charge in [-0.05, 0) is 30.7 Å². The molecule has 2 rings (SSSR count). The molecule has 0 bridgehead atoms. The SMILES string of the molecule is Cc1cccc(NS(=O)(=O)c2c(Cl)cc(Br)cc2Cl)c1O. The maximum absolute atomic E-state index is 12.4. The van der Waals surface area contributed by atoms with Gasteiger partial charge in [0.05, 0.1) is 15.7 Å². The quantitative estimate of drug-likeness (QED) is 0.728. The zero-order valence-electron chi connectivity index (χ0n) is 10.7. The van der Waals surface area contributed by atoms with Crippen LogP contribution in [0, 0.1) is 6.92 Å². The van der Waals surface area contributed by atoms with Gasteiger partial charge in [-0.1, -0.05) is 51.3 Å². The van der Waals surface area contributed by atoms with Crippen molar-refractivity contribution >= 4 is 54.8 Å². The van der Waals surface area contributed by atoms with Gasteiger partial charge >= 0.3 is 0 Å². The summed E-state index contributed by atoms with van der Waals surface area (Å²) in [6.45, 7) is 1.66. The smallest absolute Gasteiger partial charge is 0.265 e. The van der Waals surface area contributed by atoms with Crippen LogP contribution >= 0.6 is 39.1 Å². The number of phenols is 1. The highest BCUT2D eigenvalue weighted by Gasteiger charge is 2.23. The lowest BCUT2D eigenvalue weighted by molar-refractivity contribution is 0.473. The number of halogens is 3. The molecular formula is C13H10BrCl2NO3S. The third-order valence-electron chi connectivity index (χ3n) is 2.71. The fourth-order valence-electron chi connectivity index (χ4n) is 1.72. The minimum Gasteiger partial charge on any atom is -0.505 e. The van der Waals surface area contributed by atoms with Crippen molar-refractivity contribution in [3.05, 3.63) is 50.4 Å². The van der Waals surface area contributed by atoms with E-state index in [-0.39, 0.29) is 26.4 Å². The summed E-state index contributed by atoms with van der Waals surface area (Å²) >= 11 is 15.1. The largest absolute Gasteiger partial charge is 0.505 e. The molecule has 0 aliphatic rings. The predicted octanol–water partition coefficient (Wildman–Crippen LogP) is 4.57. The van der Waals surface area contributed by atoms with Gasteiger partial charge in [-0.15, -0.1) is 0 Å². The van der Waals surface area contributed by atoms with Gasteiger partial charge in [0.2, 0.25) is 0 Å². The average molecular weight is 411 g/mol. The number of benzene rings is 2. The number of aryl methyl sites for hydroxylation is 1. The second kappa shape index (κ2) is 6.04. The van der Waals surface area contributed by atoms with Crippen LogP contribution in [0.1, 0.15) is 5.56 Å². The summed E-state index contributed by atoms with van der Waals surface area (Å²) in [6.07, 6.45) is 0. The monoisotopic (exact) mass is 409 g/mol. The Balaban J connectivity index is 2.51. The van der Waals surface area contributed by atoms with Crippen molar-refractivity contribution in [1.29, 1.82) is 0 Å². The number of anilines is 1. The number of aromatic hydroxyl groups is 1. The summed E-state index contributed by atoms with van der Waals surface area (Å²) in [4.78, 5) is -0.241. The van der Waals surface area contributed by atoms with Gasteiger partial charge in [0.1, 0.15) is 10.6 Å². The maximum Gasteiger partial charge on any atom is 0.265 e. The van der Waals surface area contributed by atoms with Crippen LogP contribution in [-0.4, -0.2) is 13.5 Å². The van der Waals surface area contributed by atoms with Crippen molar-refractivity contribution in [3.8, 4) is 5.75 Å². The first kappa shape index (κ1) is 16.4. The first-order valence-corrected chi connectivity index (χ1v) is 8.71. The van der Waals surface area contributed by atoms with Gasteiger partial charge in [0.25, 0.3) is 10.0 Å². The second-order valence-electron chi connectivity index (χ2n) is 4.28. The molecule has 0 aromatic heterocycles. The minimum atomic E-state index is -4.03. The fraction of sp³-hybridized carbons (Fsp3) is 0.0769. The van der Waals surface area contributed by atoms with Crippen LogP contribution < -0.4 is 4.72 Å². The molecule has 0 radical (unpaired) electrons. The van der Waals surface area contributed by atoms with Crippen molar-refractivity contribution in [2.45, 2.75) is 11.8 Å². The predicted molar refractivity (Wildman–Crippen MR) is 87.8 cm³/mol. The van der Waals surface area contributed by atoms with Gasteiger partial charge in [-0.25, -0.2) is 8.42 Å². The molecule has 0 saturated heterocycles. The molecule has 0 saturated carbocycles. The molecule has 0 amide bonds. The Kier molecular flexibility index (Phi) is 4.72. The number of rotatable bonds is 3. The molecule has 0 unspecified atom stereocenters. The van der Waals surface area contributed by atoms with E-state index in [1.165, 1.54) is 18.2 Å². The van der Waals surface area contributed by atoms with E-state index in [2.05, 4.69) is 20.7 Å². The van der Waals surface area contributed by atoms with E-state index < -0.39 is 10.0 Å². The molecule has 0 fully saturated rings. The number of sulfonamides is 1. The molecule has 0 aliphatic carbocycles. The first-order chi connectivity index (χ1) is 9.72. The molecule has 2 aromatic carbocycles. The van der Waals surface area contributed by atoms with Crippen LogP contribution in [0.4, 0.5) is 5.69 Å². The van der Waals surface area contributed by atoms with Crippen LogP contribution in [0.3, 0.4) is 0 Å². The molecular weight excluding hydrogens is 401 g/mol.